The number of methoxy groups -OCH3 is 1. The summed E-state index contributed by atoms with van der Waals surface area (Å²) < 4.78 is 10.8. The van der Waals surface area contributed by atoms with Crippen molar-refractivity contribution in [1.82, 2.24) is 5.32 Å². The summed E-state index contributed by atoms with van der Waals surface area (Å²) in [7, 11) is -0.414. The average molecular weight is 315 g/mol. The van der Waals surface area contributed by atoms with Crippen LogP contribution in [0.1, 0.15) is 34.1 Å². The molecule has 3 unspecified atom stereocenters. The minimum atomic E-state index is -1.78. The fourth-order valence-corrected chi connectivity index (χ4v) is 3.27. The van der Waals surface area contributed by atoms with E-state index in [2.05, 4.69) is 39.2 Å². The van der Waals surface area contributed by atoms with E-state index in [-0.39, 0.29) is 34.8 Å². The highest BCUT2D eigenvalue weighted by atomic mass is 28.4. The Hall–Kier alpha value is -0.883. The molecule has 1 fully saturated rings. The Labute approximate surface area is 128 Å². The van der Waals surface area contributed by atoms with E-state index in [4.69, 9.17) is 9.16 Å². The molecule has 1 saturated heterocycles. The van der Waals surface area contributed by atoms with Gasteiger partial charge in [-0.1, -0.05) is 20.8 Å². The van der Waals surface area contributed by atoms with Crippen molar-refractivity contribution < 1.29 is 18.8 Å². The second-order valence-corrected chi connectivity index (χ2v) is 12.2. The topological polar surface area (TPSA) is 64.6 Å². The highest BCUT2D eigenvalue weighted by Gasteiger charge is 2.45. The number of hydrogen-bond donors (Lipinski definition) is 1. The van der Waals surface area contributed by atoms with Crippen LogP contribution in [0, 0.1) is 11.8 Å². The average Bonchev–Trinajstić information content (AvgIpc) is 2.37. The summed E-state index contributed by atoms with van der Waals surface area (Å²) in [5.41, 5.74) is 0. The van der Waals surface area contributed by atoms with Gasteiger partial charge in [0.05, 0.1) is 25.0 Å². The molecular formula is C15H29NO4Si. The first kappa shape index (κ1) is 18.2. The smallest absolute Gasteiger partial charge is 0.310 e. The van der Waals surface area contributed by atoms with Crippen molar-refractivity contribution in [1.29, 1.82) is 0 Å². The first-order valence-corrected chi connectivity index (χ1v) is 10.4. The second kappa shape index (κ2) is 6.48. The van der Waals surface area contributed by atoms with E-state index in [9.17, 15) is 9.59 Å². The standard InChI is InChI=1S/C15H29NO4Si/c1-10(14(18)19-5)12-11(13(17)16-12)8-9-20-21(6,7)15(2,3)4/h10-12H,8-9H2,1-7H3,(H,16,17). The van der Waals surface area contributed by atoms with Crippen LogP contribution in [0.3, 0.4) is 0 Å². The molecule has 0 bridgehead atoms. The van der Waals surface area contributed by atoms with Crippen LogP contribution in [-0.4, -0.2) is 40.0 Å². The normalized spacial score (nSPS) is 24.0. The lowest BCUT2D eigenvalue weighted by Crippen LogP contribution is -2.62. The highest BCUT2D eigenvalue weighted by molar-refractivity contribution is 6.74. The van der Waals surface area contributed by atoms with Gasteiger partial charge in [0.15, 0.2) is 8.32 Å². The van der Waals surface area contributed by atoms with Crippen LogP contribution < -0.4 is 5.32 Å². The molecule has 21 heavy (non-hydrogen) atoms. The van der Waals surface area contributed by atoms with Gasteiger partial charge in [-0.25, -0.2) is 0 Å². The Kier molecular flexibility index (Phi) is 5.61. The second-order valence-electron chi connectivity index (χ2n) is 7.35. The maximum absolute atomic E-state index is 11.7. The number of nitrogens with one attached hydrogen (secondary N) is 1. The van der Waals surface area contributed by atoms with E-state index < -0.39 is 8.32 Å². The number of carbonyl (C=O) groups excluding carboxylic acids is 2. The van der Waals surface area contributed by atoms with E-state index in [0.29, 0.717) is 13.0 Å². The lowest BCUT2D eigenvalue weighted by molar-refractivity contribution is -0.151. The van der Waals surface area contributed by atoms with E-state index in [1.165, 1.54) is 7.11 Å². The Morgan fingerprint density at radius 1 is 1.38 bits per heavy atom. The molecule has 0 aromatic carbocycles. The molecule has 5 nitrogen and oxygen atoms in total. The first-order valence-electron chi connectivity index (χ1n) is 7.53. The molecule has 1 aliphatic heterocycles. The van der Waals surface area contributed by atoms with Crippen LogP contribution >= 0.6 is 0 Å². The van der Waals surface area contributed by atoms with Crippen LogP contribution in [0.25, 0.3) is 0 Å². The molecule has 0 aromatic rings. The van der Waals surface area contributed by atoms with Crippen LogP contribution in [0.5, 0.6) is 0 Å². The van der Waals surface area contributed by atoms with E-state index in [1.54, 1.807) is 6.92 Å². The van der Waals surface area contributed by atoms with Gasteiger partial charge in [-0.2, -0.15) is 0 Å². The molecule has 1 amide bonds. The van der Waals surface area contributed by atoms with Crippen molar-refractivity contribution in [2.24, 2.45) is 11.8 Å². The molecule has 0 radical (unpaired) electrons. The molecule has 1 aliphatic rings. The summed E-state index contributed by atoms with van der Waals surface area (Å²) in [5, 5.41) is 2.96. The number of carbonyl (C=O) groups is 2. The first-order chi connectivity index (χ1) is 9.51. The lowest BCUT2D eigenvalue weighted by Gasteiger charge is -2.41. The third-order valence-corrected chi connectivity index (χ3v) is 9.43. The molecule has 3 atom stereocenters. The Morgan fingerprint density at radius 2 is 1.95 bits per heavy atom. The van der Waals surface area contributed by atoms with Gasteiger partial charge in [0.25, 0.3) is 0 Å². The number of hydrogen-bond acceptors (Lipinski definition) is 4. The zero-order valence-electron chi connectivity index (χ0n) is 14.3. The van der Waals surface area contributed by atoms with Crippen molar-refractivity contribution in [2.45, 2.75) is 58.3 Å². The molecule has 6 heteroatoms. The maximum Gasteiger partial charge on any atom is 0.310 e. The summed E-state index contributed by atoms with van der Waals surface area (Å²) in [4.78, 5) is 23.3. The third-order valence-electron chi connectivity index (χ3n) is 4.89. The van der Waals surface area contributed by atoms with Gasteiger partial charge in [0.2, 0.25) is 5.91 Å². The summed E-state index contributed by atoms with van der Waals surface area (Å²) in [6.07, 6.45) is 0.657. The summed E-state index contributed by atoms with van der Waals surface area (Å²) >= 11 is 0. The lowest BCUT2D eigenvalue weighted by atomic mass is 9.80. The quantitative estimate of drug-likeness (QED) is 0.464. The monoisotopic (exact) mass is 315 g/mol. The zero-order valence-corrected chi connectivity index (χ0v) is 15.3. The molecular weight excluding hydrogens is 286 g/mol. The molecule has 0 saturated carbocycles. The number of ether oxygens (including phenoxy) is 1. The number of rotatable bonds is 6. The summed E-state index contributed by atoms with van der Waals surface area (Å²) in [6, 6.07) is -0.132. The van der Waals surface area contributed by atoms with Crippen molar-refractivity contribution in [3.05, 3.63) is 0 Å². The minimum absolute atomic E-state index is 0.00887. The predicted octanol–water partition coefficient (Wildman–Crippen LogP) is 2.32. The fourth-order valence-electron chi connectivity index (χ4n) is 2.21. The minimum Gasteiger partial charge on any atom is -0.469 e. The van der Waals surface area contributed by atoms with Gasteiger partial charge in [-0.15, -0.1) is 0 Å². The largest absolute Gasteiger partial charge is 0.469 e. The molecule has 0 aliphatic carbocycles. The van der Waals surface area contributed by atoms with Gasteiger partial charge in [-0.05, 0) is 31.5 Å². The highest BCUT2D eigenvalue weighted by Crippen LogP contribution is 2.37. The summed E-state index contributed by atoms with van der Waals surface area (Å²) in [6.45, 7) is 13.3. The molecule has 1 N–H and O–H groups in total. The van der Waals surface area contributed by atoms with E-state index in [1.807, 2.05) is 0 Å². The van der Waals surface area contributed by atoms with Gasteiger partial charge in [0, 0.05) is 6.61 Å². The van der Waals surface area contributed by atoms with Crippen molar-refractivity contribution in [2.75, 3.05) is 13.7 Å². The van der Waals surface area contributed by atoms with Gasteiger partial charge >= 0.3 is 5.97 Å². The Bertz CT molecular complexity index is 403. The Morgan fingerprint density at radius 3 is 2.38 bits per heavy atom. The van der Waals surface area contributed by atoms with Gasteiger partial charge in [0.1, 0.15) is 0 Å². The van der Waals surface area contributed by atoms with E-state index in [0.717, 1.165) is 0 Å². The number of β-lactam (4-membered cyclic amide) rings is 1. The van der Waals surface area contributed by atoms with Crippen LogP contribution in [0.2, 0.25) is 18.1 Å². The molecule has 122 valence electrons. The molecule has 0 spiro atoms. The fraction of sp³-hybridized carbons (Fsp3) is 0.867. The zero-order chi connectivity index (χ0) is 16.4. The van der Waals surface area contributed by atoms with Crippen molar-refractivity contribution >= 4 is 20.2 Å². The molecule has 0 aromatic heterocycles. The molecule has 1 rings (SSSR count). The summed E-state index contributed by atoms with van der Waals surface area (Å²) in [5.74, 6) is -0.737. The van der Waals surface area contributed by atoms with Crippen LogP contribution in [0.15, 0.2) is 0 Å². The number of esters is 1. The third kappa shape index (κ3) is 4.07. The van der Waals surface area contributed by atoms with E-state index >= 15 is 0 Å². The van der Waals surface area contributed by atoms with Crippen LogP contribution in [0.4, 0.5) is 0 Å². The van der Waals surface area contributed by atoms with Gasteiger partial charge < -0.3 is 14.5 Å². The predicted molar refractivity (Wildman–Crippen MR) is 84.4 cm³/mol. The van der Waals surface area contributed by atoms with Crippen molar-refractivity contribution in [3.63, 3.8) is 0 Å². The number of amides is 1. The maximum atomic E-state index is 11.7. The SMILES string of the molecule is COC(=O)C(C)C1NC(=O)C1CCO[Si](C)(C)C(C)(C)C. The molecule has 1 heterocycles. The van der Waals surface area contributed by atoms with Gasteiger partial charge in [-0.3, -0.25) is 9.59 Å². The van der Waals surface area contributed by atoms with Crippen LogP contribution in [-0.2, 0) is 18.8 Å². The Balaban J connectivity index is 2.51. The van der Waals surface area contributed by atoms with Crippen molar-refractivity contribution in [3.8, 4) is 0 Å².